The van der Waals surface area contributed by atoms with E-state index in [0.29, 0.717) is 17.9 Å². The fourth-order valence-corrected chi connectivity index (χ4v) is 1.07. The zero-order chi connectivity index (χ0) is 11.8. The molecule has 0 saturated heterocycles. The third-order valence-electron chi connectivity index (χ3n) is 1.81. The molecule has 0 aliphatic rings. The van der Waals surface area contributed by atoms with Crippen LogP contribution < -0.4 is 10.1 Å². The molecule has 0 heterocycles. The molecule has 0 fully saturated rings. The number of para-hydroxylation sites is 1. The molecule has 16 heavy (non-hydrogen) atoms. The molecule has 0 aliphatic heterocycles. The maximum Gasteiger partial charge on any atom is 0.258 e. The molecule has 0 radical (unpaired) electrons. The predicted octanol–water partition coefficient (Wildman–Crippen LogP) is 1.24. The van der Waals surface area contributed by atoms with Gasteiger partial charge in [-0.1, -0.05) is 18.2 Å². The van der Waals surface area contributed by atoms with Crippen molar-refractivity contribution < 1.29 is 9.53 Å². The van der Waals surface area contributed by atoms with E-state index in [9.17, 15) is 4.79 Å². The van der Waals surface area contributed by atoms with E-state index in [-0.39, 0.29) is 12.5 Å². The standard InChI is InChI=1S/C12H12N2O2/c1-2-7-14-12(15)9-16-11-6-4-3-5-10(11)8-13/h2-6H,1,7,9H2,(H,14,15). The highest BCUT2D eigenvalue weighted by Gasteiger charge is 2.04. The van der Waals surface area contributed by atoms with Gasteiger partial charge in [-0.2, -0.15) is 5.26 Å². The van der Waals surface area contributed by atoms with Gasteiger partial charge in [-0.25, -0.2) is 0 Å². The van der Waals surface area contributed by atoms with Gasteiger partial charge in [0.1, 0.15) is 11.8 Å². The first kappa shape index (κ1) is 11.8. The van der Waals surface area contributed by atoms with Gasteiger partial charge in [-0.15, -0.1) is 6.58 Å². The number of carbonyl (C=O) groups excluding carboxylic acids is 1. The second-order valence-corrected chi connectivity index (χ2v) is 2.99. The first-order valence-corrected chi connectivity index (χ1v) is 4.77. The normalized spacial score (nSPS) is 8.94. The Morgan fingerprint density at radius 1 is 1.56 bits per heavy atom. The van der Waals surface area contributed by atoms with Gasteiger partial charge < -0.3 is 10.1 Å². The van der Waals surface area contributed by atoms with Crippen LogP contribution in [0.3, 0.4) is 0 Å². The second kappa shape index (κ2) is 6.25. The van der Waals surface area contributed by atoms with Crippen LogP contribution in [0.5, 0.6) is 5.75 Å². The molecule has 0 spiro atoms. The van der Waals surface area contributed by atoms with E-state index < -0.39 is 0 Å². The minimum Gasteiger partial charge on any atom is -0.482 e. The van der Waals surface area contributed by atoms with E-state index in [1.165, 1.54) is 0 Å². The fraction of sp³-hybridized carbons (Fsp3) is 0.167. The van der Waals surface area contributed by atoms with E-state index in [0.717, 1.165) is 0 Å². The third kappa shape index (κ3) is 3.46. The van der Waals surface area contributed by atoms with Crippen LogP contribution in [-0.2, 0) is 4.79 Å². The van der Waals surface area contributed by atoms with Gasteiger partial charge in [-0.05, 0) is 12.1 Å². The summed E-state index contributed by atoms with van der Waals surface area (Å²) in [4.78, 5) is 11.2. The average Bonchev–Trinajstić information content (AvgIpc) is 2.34. The first-order valence-electron chi connectivity index (χ1n) is 4.77. The van der Waals surface area contributed by atoms with Crippen molar-refractivity contribution >= 4 is 5.91 Å². The van der Waals surface area contributed by atoms with Gasteiger partial charge in [-0.3, -0.25) is 4.79 Å². The number of benzene rings is 1. The van der Waals surface area contributed by atoms with Gasteiger partial charge >= 0.3 is 0 Å². The van der Waals surface area contributed by atoms with E-state index >= 15 is 0 Å². The van der Waals surface area contributed by atoms with Crippen LogP contribution in [0.1, 0.15) is 5.56 Å². The minimum absolute atomic E-state index is 0.105. The predicted molar refractivity (Wildman–Crippen MR) is 59.9 cm³/mol. The van der Waals surface area contributed by atoms with Crippen LogP contribution in [0.25, 0.3) is 0 Å². The molecule has 4 nitrogen and oxygen atoms in total. The van der Waals surface area contributed by atoms with Crippen LogP contribution in [0.4, 0.5) is 0 Å². The molecule has 1 N–H and O–H groups in total. The average molecular weight is 216 g/mol. The number of carbonyl (C=O) groups is 1. The molecule has 0 bridgehead atoms. The number of amides is 1. The SMILES string of the molecule is C=CCNC(=O)COc1ccccc1C#N. The number of nitrogens with zero attached hydrogens (tertiary/aromatic N) is 1. The number of nitriles is 1. The maximum atomic E-state index is 11.2. The summed E-state index contributed by atoms with van der Waals surface area (Å²) in [6.07, 6.45) is 1.58. The van der Waals surface area contributed by atoms with Gasteiger partial charge in [0.05, 0.1) is 5.56 Å². The Hall–Kier alpha value is -2.28. The zero-order valence-electron chi connectivity index (χ0n) is 8.77. The number of hydrogen-bond donors (Lipinski definition) is 1. The highest BCUT2D eigenvalue weighted by Crippen LogP contribution is 2.15. The fourth-order valence-electron chi connectivity index (χ4n) is 1.07. The number of nitrogens with one attached hydrogen (secondary N) is 1. The largest absolute Gasteiger partial charge is 0.482 e. The van der Waals surface area contributed by atoms with Crippen LogP contribution in [0, 0.1) is 11.3 Å². The molecule has 0 unspecified atom stereocenters. The molecule has 4 heteroatoms. The minimum atomic E-state index is -0.243. The smallest absolute Gasteiger partial charge is 0.258 e. The molecule has 1 aromatic rings. The summed E-state index contributed by atoms with van der Waals surface area (Å²) in [6, 6.07) is 8.76. The summed E-state index contributed by atoms with van der Waals surface area (Å²) in [5.74, 6) is 0.173. The lowest BCUT2D eigenvalue weighted by molar-refractivity contribution is -0.122. The Bertz CT molecular complexity index is 421. The Morgan fingerprint density at radius 3 is 3.00 bits per heavy atom. The molecule has 1 amide bonds. The van der Waals surface area contributed by atoms with Crippen molar-refractivity contribution in [2.24, 2.45) is 0 Å². The highest BCUT2D eigenvalue weighted by molar-refractivity contribution is 5.77. The van der Waals surface area contributed by atoms with Crippen molar-refractivity contribution in [3.05, 3.63) is 42.5 Å². The second-order valence-electron chi connectivity index (χ2n) is 2.99. The Balaban J connectivity index is 2.51. The Morgan fingerprint density at radius 2 is 2.31 bits per heavy atom. The summed E-state index contributed by atoms with van der Waals surface area (Å²) in [5.41, 5.74) is 0.416. The number of ether oxygens (including phenoxy) is 1. The maximum absolute atomic E-state index is 11.2. The molecule has 1 aromatic carbocycles. The quantitative estimate of drug-likeness (QED) is 0.753. The van der Waals surface area contributed by atoms with Crippen molar-refractivity contribution in [2.75, 3.05) is 13.2 Å². The number of hydrogen-bond acceptors (Lipinski definition) is 3. The third-order valence-corrected chi connectivity index (χ3v) is 1.81. The van der Waals surface area contributed by atoms with Crippen LogP contribution in [0.15, 0.2) is 36.9 Å². The van der Waals surface area contributed by atoms with Gasteiger partial charge in [0, 0.05) is 6.54 Å². The summed E-state index contributed by atoms with van der Waals surface area (Å²) >= 11 is 0. The van der Waals surface area contributed by atoms with E-state index in [2.05, 4.69) is 11.9 Å². The van der Waals surface area contributed by atoms with Crippen LogP contribution >= 0.6 is 0 Å². The Labute approximate surface area is 94.1 Å². The van der Waals surface area contributed by atoms with Crippen LogP contribution in [0.2, 0.25) is 0 Å². The van der Waals surface area contributed by atoms with E-state index in [1.807, 2.05) is 6.07 Å². The van der Waals surface area contributed by atoms with Crippen molar-refractivity contribution in [1.29, 1.82) is 5.26 Å². The van der Waals surface area contributed by atoms with Crippen molar-refractivity contribution in [1.82, 2.24) is 5.32 Å². The molecule has 1 rings (SSSR count). The summed E-state index contributed by atoms with van der Waals surface area (Å²) in [7, 11) is 0. The summed E-state index contributed by atoms with van der Waals surface area (Å²) < 4.78 is 5.22. The Kier molecular flexibility index (Phi) is 4.61. The van der Waals surface area contributed by atoms with Gasteiger partial charge in [0.15, 0.2) is 6.61 Å². The number of rotatable bonds is 5. The molecular formula is C12H12N2O2. The molecule has 82 valence electrons. The van der Waals surface area contributed by atoms with Crippen molar-refractivity contribution in [3.63, 3.8) is 0 Å². The first-order chi connectivity index (χ1) is 7.77. The lowest BCUT2D eigenvalue weighted by atomic mass is 10.2. The topological polar surface area (TPSA) is 62.1 Å². The van der Waals surface area contributed by atoms with Gasteiger partial charge in [0.2, 0.25) is 0 Å². The molecule has 0 aliphatic carbocycles. The lowest BCUT2D eigenvalue weighted by Gasteiger charge is -2.07. The molecule has 0 atom stereocenters. The van der Waals surface area contributed by atoms with E-state index in [4.69, 9.17) is 10.00 Å². The molecule has 0 saturated carbocycles. The van der Waals surface area contributed by atoms with Gasteiger partial charge in [0.25, 0.3) is 5.91 Å². The highest BCUT2D eigenvalue weighted by atomic mass is 16.5. The molecule has 0 aromatic heterocycles. The van der Waals surface area contributed by atoms with E-state index in [1.54, 1.807) is 30.3 Å². The van der Waals surface area contributed by atoms with Crippen molar-refractivity contribution in [3.8, 4) is 11.8 Å². The monoisotopic (exact) mass is 216 g/mol. The lowest BCUT2D eigenvalue weighted by Crippen LogP contribution is -2.28. The summed E-state index contributed by atoms with van der Waals surface area (Å²) in [6.45, 7) is 3.78. The van der Waals surface area contributed by atoms with Crippen molar-refractivity contribution in [2.45, 2.75) is 0 Å². The summed E-state index contributed by atoms with van der Waals surface area (Å²) in [5, 5.41) is 11.4. The van der Waals surface area contributed by atoms with Crippen LogP contribution in [-0.4, -0.2) is 19.1 Å². The zero-order valence-corrected chi connectivity index (χ0v) is 8.77. The molecular weight excluding hydrogens is 204 g/mol.